The molecule has 152 valence electrons. The number of aromatic nitrogens is 1. The molecule has 0 aliphatic carbocycles. The molecule has 2 heterocycles. The van der Waals surface area contributed by atoms with Crippen LogP contribution in [0.2, 0.25) is 0 Å². The van der Waals surface area contributed by atoms with E-state index in [-0.39, 0.29) is 17.8 Å². The van der Waals surface area contributed by atoms with Crippen LogP contribution in [0.1, 0.15) is 44.0 Å². The molecule has 0 unspecified atom stereocenters. The molecular weight excluding hydrogens is 374 g/mol. The minimum atomic E-state index is -0.581. The minimum Gasteiger partial charge on any atom is -0.467 e. The number of carbonyl (C=O) groups is 2. The van der Waals surface area contributed by atoms with Crippen LogP contribution in [-0.4, -0.2) is 54.5 Å². The number of carbonyl (C=O) groups excluding carboxylic acids is 2. The lowest BCUT2D eigenvalue weighted by molar-refractivity contribution is -0.146. The first-order chi connectivity index (χ1) is 13.5. The van der Waals surface area contributed by atoms with Crippen molar-refractivity contribution in [2.45, 2.75) is 45.1 Å². The molecule has 0 bridgehead atoms. The molecule has 1 aliphatic heterocycles. The highest BCUT2D eigenvalue weighted by atomic mass is 32.1. The van der Waals surface area contributed by atoms with E-state index in [4.69, 9.17) is 9.72 Å². The van der Waals surface area contributed by atoms with Gasteiger partial charge in [0, 0.05) is 5.92 Å². The molecule has 3 rings (SSSR count). The Labute approximate surface area is 170 Å². The Morgan fingerprint density at radius 1 is 1.32 bits per heavy atom. The number of ether oxygens (including phenoxy) is 1. The zero-order valence-corrected chi connectivity index (χ0v) is 17.6. The van der Waals surface area contributed by atoms with Crippen molar-refractivity contribution in [3.63, 3.8) is 0 Å². The first kappa shape index (κ1) is 20.7. The molecule has 1 fully saturated rings. The molecule has 1 aliphatic rings. The Morgan fingerprint density at radius 2 is 2.04 bits per heavy atom. The highest BCUT2D eigenvalue weighted by molar-refractivity contribution is 7.18. The number of amides is 1. The van der Waals surface area contributed by atoms with Gasteiger partial charge in [0.25, 0.3) is 0 Å². The van der Waals surface area contributed by atoms with E-state index in [2.05, 4.69) is 22.3 Å². The van der Waals surface area contributed by atoms with Gasteiger partial charge in [0.05, 0.1) is 28.9 Å². The molecule has 2 atom stereocenters. The molecule has 1 amide bonds. The molecule has 7 heteroatoms. The lowest BCUT2D eigenvalue weighted by atomic mass is 9.97. The second-order valence-electron chi connectivity index (χ2n) is 7.52. The Bertz CT molecular complexity index is 781. The summed E-state index contributed by atoms with van der Waals surface area (Å²) in [5.74, 6) is 0.00666. The van der Waals surface area contributed by atoms with Gasteiger partial charge in [-0.3, -0.25) is 9.69 Å². The third-order valence-corrected chi connectivity index (χ3v) is 6.80. The summed E-state index contributed by atoms with van der Waals surface area (Å²) in [6.45, 7) is 5.99. The fraction of sp³-hybridized carbons (Fsp3) is 0.571. The van der Waals surface area contributed by atoms with Crippen LogP contribution >= 0.6 is 11.3 Å². The number of likely N-dealkylation sites (tertiary alicyclic amines) is 1. The lowest BCUT2D eigenvalue weighted by Gasteiger charge is -2.31. The quantitative estimate of drug-likeness (QED) is 0.719. The number of benzene rings is 1. The average molecular weight is 404 g/mol. The Balaban J connectivity index is 1.51. The summed E-state index contributed by atoms with van der Waals surface area (Å²) in [5, 5.41) is 4.06. The molecule has 1 N–H and O–H groups in total. The number of methoxy groups -OCH3 is 1. The van der Waals surface area contributed by atoms with E-state index >= 15 is 0 Å². The van der Waals surface area contributed by atoms with Gasteiger partial charge in [-0.2, -0.15) is 0 Å². The van der Waals surface area contributed by atoms with Crippen LogP contribution in [0, 0.1) is 5.92 Å². The molecule has 28 heavy (non-hydrogen) atoms. The zero-order valence-electron chi connectivity index (χ0n) is 16.8. The second kappa shape index (κ2) is 9.47. The normalized spacial score (nSPS) is 18.0. The molecule has 0 spiro atoms. The largest absolute Gasteiger partial charge is 0.467 e. The van der Waals surface area contributed by atoms with Gasteiger partial charge in [0.2, 0.25) is 5.91 Å². The summed E-state index contributed by atoms with van der Waals surface area (Å²) in [6, 6.07) is 7.66. The summed E-state index contributed by atoms with van der Waals surface area (Å²) in [6.07, 6.45) is 2.80. The maximum Gasteiger partial charge on any atom is 0.328 e. The van der Waals surface area contributed by atoms with Crippen molar-refractivity contribution in [2.24, 2.45) is 5.92 Å². The molecule has 1 aromatic heterocycles. The van der Waals surface area contributed by atoms with Crippen LogP contribution in [0.3, 0.4) is 0 Å². The van der Waals surface area contributed by atoms with Crippen LogP contribution < -0.4 is 5.32 Å². The van der Waals surface area contributed by atoms with Crippen molar-refractivity contribution in [1.82, 2.24) is 15.2 Å². The van der Waals surface area contributed by atoms with Crippen molar-refractivity contribution in [2.75, 3.05) is 26.7 Å². The van der Waals surface area contributed by atoms with E-state index in [0.29, 0.717) is 12.5 Å². The van der Waals surface area contributed by atoms with E-state index in [1.165, 1.54) is 16.8 Å². The van der Waals surface area contributed by atoms with Crippen molar-refractivity contribution in [3.8, 4) is 0 Å². The van der Waals surface area contributed by atoms with Crippen LogP contribution in [-0.2, 0) is 14.3 Å². The van der Waals surface area contributed by atoms with E-state index in [0.717, 1.165) is 37.9 Å². The smallest absolute Gasteiger partial charge is 0.328 e. The summed E-state index contributed by atoms with van der Waals surface area (Å²) in [7, 11) is 1.36. The van der Waals surface area contributed by atoms with Crippen molar-refractivity contribution in [3.05, 3.63) is 29.3 Å². The summed E-state index contributed by atoms with van der Waals surface area (Å²) in [4.78, 5) is 31.4. The van der Waals surface area contributed by atoms with E-state index in [9.17, 15) is 9.59 Å². The van der Waals surface area contributed by atoms with Gasteiger partial charge in [-0.05, 0) is 44.0 Å². The number of esters is 1. The number of thiazole rings is 1. The molecule has 0 radical (unpaired) electrons. The number of hydrogen-bond donors (Lipinski definition) is 1. The molecule has 1 saturated heterocycles. The second-order valence-corrected chi connectivity index (χ2v) is 8.59. The predicted octanol–water partition coefficient (Wildman–Crippen LogP) is 3.18. The van der Waals surface area contributed by atoms with Crippen LogP contribution in [0.15, 0.2) is 24.3 Å². The molecule has 6 nitrogen and oxygen atoms in total. The number of piperidine rings is 1. The highest BCUT2D eigenvalue weighted by Gasteiger charge is 2.29. The number of rotatable bonds is 7. The zero-order chi connectivity index (χ0) is 20.1. The molecule has 2 aromatic rings. The molecule has 1 aromatic carbocycles. The standard InChI is InChI=1S/C21H29N3O3S/c1-4-14(2)19(21(26)27-3)23-18(25)13-24-11-9-15(10-12-24)20-22-16-7-5-6-8-17(16)28-20/h5-8,14-15,19H,4,9-13H2,1-3H3,(H,23,25)/t14-,19+/m1/s1. The number of para-hydroxylation sites is 1. The number of fused-ring (bicyclic) bond motifs is 1. The van der Waals surface area contributed by atoms with Crippen LogP contribution in [0.25, 0.3) is 10.2 Å². The first-order valence-corrected chi connectivity index (χ1v) is 10.8. The number of nitrogens with one attached hydrogen (secondary N) is 1. The van der Waals surface area contributed by atoms with Crippen molar-refractivity contribution in [1.29, 1.82) is 0 Å². The Morgan fingerprint density at radius 3 is 2.68 bits per heavy atom. The van der Waals surface area contributed by atoms with Gasteiger partial charge >= 0.3 is 5.97 Å². The van der Waals surface area contributed by atoms with Gasteiger partial charge in [0.1, 0.15) is 6.04 Å². The van der Waals surface area contributed by atoms with Crippen LogP contribution in [0.4, 0.5) is 0 Å². The van der Waals surface area contributed by atoms with Crippen molar-refractivity contribution < 1.29 is 14.3 Å². The third-order valence-electron chi connectivity index (χ3n) is 5.60. The third kappa shape index (κ3) is 4.89. The van der Waals surface area contributed by atoms with Crippen LogP contribution in [0.5, 0.6) is 0 Å². The minimum absolute atomic E-state index is 0.0428. The van der Waals surface area contributed by atoms with Gasteiger partial charge in [-0.15, -0.1) is 11.3 Å². The van der Waals surface area contributed by atoms with Gasteiger partial charge in [-0.25, -0.2) is 9.78 Å². The fourth-order valence-electron chi connectivity index (χ4n) is 3.62. The lowest BCUT2D eigenvalue weighted by Crippen LogP contribution is -2.49. The SMILES string of the molecule is CC[C@@H](C)[C@H](NC(=O)CN1CCC(c2nc3ccccc3s2)CC1)C(=O)OC. The number of hydrogen-bond acceptors (Lipinski definition) is 6. The van der Waals surface area contributed by atoms with Gasteiger partial charge in [-0.1, -0.05) is 32.4 Å². The predicted molar refractivity (Wildman–Crippen MR) is 111 cm³/mol. The monoisotopic (exact) mass is 403 g/mol. The van der Waals surface area contributed by atoms with E-state index in [1.54, 1.807) is 11.3 Å². The fourth-order valence-corrected chi connectivity index (χ4v) is 4.76. The van der Waals surface area contributed by atoms with Crippen molar-refractivity contribution >= 4 is 33.4 Å². The Hall–Kier alpha value is -1.99. The highest BCUT2D eigenvalue weighted by Crippen LogP contribution is 2.33. The average Bonchev–Trinajstić information content (AvgIpc) is 3.15. The molecular formula is C21H29N3O3S. The molecule has 0 saturated carbocycles. The van der Waals surface area contributed by atoms with E-state index in [1.807, 2.05) is 26.0 Å². The van der Waals surface area contributed by atoms with Gasteiger partial charge in [0.15, 0.2) is 0 Å². The van der Waals surface area contributed by atoms with E-state index < -0.39 is 6.04 Å². The van der Waals surface area contributed by atoms with Gasteiger partial charge < -0.3 is 10.1 Å². The Kier molecular flexibility index (Phi) is 7.02. The maximum absolute atomic E-state index is 12.5. The maximum atomic E-state index is 12.5. The summed E-state index contributed by atoms with van der Waals surface area (Å²) in [5.41, 5.74) is 1.07. The topological polar surface area (TPSA) is 71.5 Å². The summed E-state index contributed by atoms with van der Waals surface area (Å²) >= 11 is 1.78. The number of nitrogens with zero attached hydrogens (tertiary/aromatic N) is 2. The first-order valence-electron chi connectivity index (χ1n) is 9.96. The summed E-state index contributed by atoms with van der Waals surface area (Å²) < 4.78 is 6.08.